The van der Waals surface area contributed by atoms with E-state index in [1.165, 1.54) is 49.1 Å². The molecule has 0 amide bonds. The summed E-state index contributed by atoms with van der Waals surface area (Å²) in [5.74, 6) is 2.92. The van der Waals surface area contributed by atoms with Gasteiger partial charge in [0.15, 0.2) is 0 Å². The molecule has 0 aliphatic heterocycles. The zero-order valence-corrected chi connectivity index (χ0v) is 49.6. The Balaban J connectivity index is 0.000000383. The number of nitrogens with one attached hydrogen (secondary N) is 2. The van der Waals surface area contributed by atoms with E-state index in [0.29, 0.717) is 95.0 Å². The van der Waals surface area contributed by atoms with Gasteiger partial charge in [0.2, 0.25) is 29.0 Å². The van der Waals surface area contributed by atoms with Crippen LogP contribution in [0.2, 0.25) is 5.15 Å². The van der Waals surface area contributed by atoms with Crippen molar-refractivity contribution in [2.45, 2.75) is 77.0 Å². The van der Waals surface area contributed by atoms with Crippen molar-refractivity contribution in [3.63, 3.8) is 0 Å². The fourth-order valence-corrected chi connectivity index (χ4v) is 6.57. The summed E-state index contributed by atoms with van der Waals surface area (Å²) in [5.41, 5.74) is 14.7. The third-order valence-corrected chi connectivity index (χ3v) is 11.4. The third kappa shape index (κ3) is 35.8. The number of nitrogens with two attached hydrogens (primary N) is 2. The van der Waals surface area contributed by atoms with Crippen LogP contribution in [0.1, 0.15) is 105 Å². The second kappa shape index (κ2) is 48.0. The highest BCUT2D eigenvalue weighted by atomic mass is 35.5. The van der Waals surface area contributed by atoms with Crippen LogP contribution in [0.4, 0.5) is 15.8 Å². The lowest BCUT2D eigenvalue weighted by atomic mass is 10.2. The van der Waals surface area contributed by atoms with Gasteiger partial charge in [-0.25, -0.2) is 34.0 Å². The number of nitrogens with zero attached hydrogens (tertiary/aromatic N) is 9. The van der Waals surface area contributed by atoms with E-state index in [4.69, 9.17) is 102 Å². The van der Waals surface area contributed by atoms with Gasteiger partial charge in [-0.3, -0.25) is 10.8 Å². The van der Waals surface area contributed by atoms with E-state index in [0.717, 1.165) is 88.5 Å². The molecule has 7 aromatic rings. The van der Waals surface area contributed by atoms with Crippen molar-refractivity contribution >= 4 is 34.6 Å². The van der Waals surface area contributed by atoms with Crippen molar-refractivity contribution in [3.8, 4) is 47.3 Å². The van der Waals surface area contributed by atoms with Crippen molar-refractivity contribution in [2.75, 3.05) is 52.9 Å². The lowest BCUT2D eigenvalue weighted by Crippen LogP contribution is -2.11. The van der Waals surface area contributed by atoms with Gasteiger partial charge in [0.25, 0.3) is 0 Å². The first-order chi connectivity index (χ1) is 42.8. The molecule has 0 unspecified atom stereocenters. The predicted octanol–water partition coefficient (Wildman–Crippen LogP) is 12.0. The highest BCUT2D eigenvalue weighted by Crippen LogP contribution is 2.18. The van der Waals surface area contributed by atoms with Crippen LogP contribution in [-0.2, 0) is 0 Å². The molecular weight excluding hydrogens is 1150 g/mol. The van der Waals surface area contributed by atoms with E-state index in [1.54, 1.807) is 84.9 Å². The molecule has 3 aromatic carbocycles. The molecular formula is C65H73ClFN13O8. The van der Waals surface area contributed by atoms with E-state index in [-0.39, 0.29) is 37.3 Å². The molecule has 0 spiro atoms. The van der Waals surface area contributed by atoms with E-state index in [9.17, 15) is 4.39 Å². The average Bonchev–Trinajstić information content (AvgIpc) is 3.61. The van der Waals surface area contributed by atoms with E-state index in [1.807, 2.05) is 24.3 Å². The number of unbranched alkanes of at least 4 members (excludes halogenated alkanes) is 8. The summed E-state index contributed by atoms with van der Waals surface area (Å²) in [6.07, 6.45) is 16.9. The number of rotatable bonds is 28. The topological polar surface area (TPSA) is 338 Å². The molecule has 0 saturated carbocycles. The number of ether oxygens (including phenoxy) is 5. The smallest absolute Gasteiger partial charge is 0.213 e. The maximum Gasteiger partial charge on any atom is 0.213 e. The minimum atomic E-state index is -0.311. The fourth-order valence-electron chi connectivity index (χ4n) is 6.46. The first-order valence-electron chi connectivity index (χ1n) is 27.9. The summed E-state index contributed by atoms with van der Waals surface area (Å²) >= 11 is 5.45. The Kier molecular flexibility index (Phi) is 40.3. The molecule has 0 atom stereocenters. The van der Waals surface area contributed by atoms with Crippen molar-refractivity contribution < 1.29 is 43.4 Å². The van der Waals surface area contributed by atoms with Gasteiger partial charge < -0.3 is 50.5 Å². The summed E-state index contributed by atoms with van der Waals surface area (Å²) in [5, 5.41) is 65.3. The van der Waals surface area contributed by atoms with Crippen molar-refractivity contribution in [2.24, 2.45) is 11.5 Å². The van der Waals surface area contributed by atoms with E-state index in [2.05, 4.69) is 35.7 Å². The number of nitrogen functional groups attached to an aromatic ring is 2. The molecule has 4 aromatic heterocycles. The number of pyridine rings is 4. The van der Waals surface area contributed by atoms with Gasteiger partial charge in [-0.2, -0.15) is 15.8 Å². The second-order valence-corrected chi connectivity index (χ2v) is 18.4. The fraction of sp³-hybridized carbons (Fsp3) is 0.308. The van der Waals surface area contributed by atoms with Gasteiger partial charge in [-0.15, -0.1) is 0 Å². The molecule has 0 aliphatic rings. The van der Waals surface area contributed by atoms with E-state index >= 15 is 0 Å². The predicted molar refractivity (Wildman–Crippen MR) is 334 cm³/mol. The van der Waals surface area contributed by atoms with Crippen molar-refractivity contribution in [1.82, 2.24) is 19.9 Å². The van der Waals surface area contributed by atoms with Crippen LogP contribution in [0.5, 0.6) is 29.1 Å². The number of aliphatic hydroxyl groups excluding tert-OH is 3. The monoisotopic (exact) mass is 1220 g/mol. The molecule has 23 heteroatoms. The van der Waals surface area contributed by atoms with Gasteiger partial charge in [0, 0.05) is 61.8 Å². The highest BCUT2D eigenvalue weighted by molar-refractivity contribution is 6.29. The maximum absolute atomic E-state index is 12.1. The van der Waals surface area contributed by atoms with E-state index < -0.39 is 0 Å². The minimum absolute atomic E-state index is 0.00464. The molecule has 0 bridgehead atoms. The van der Waals surface area contributed by atoms with Crippen LogP contribution in [-0.4, -0.2) is 99.8 Å². The lowest BCUT2D eigenvalue weighted by molar-refractivity contribution is 0.256. The number of halogens is 2. The summed E-state index contributed by atoms with van der Waals surface area (Å²) in [6.45, 7) is 17.4. The van der Waals surface area contributed by atoms with Crippen LogP contribution in [0.15, 0.2) is 146 Å². The van der Waals surface area contributed by atoms with Crippen LogP contribution in [0, 0.1) is 63.8 Å². The molecule has 0 radical (unpaired) electrons. The third-order valence-electron chi connectivity index (χ3n) is 11.2. The van der Waals surface area contributed by atoms with Crippen molar-refractivity contribution in [3.05, 3.63) is 208 Å². The molecule has 9 N–H and O–H groups in total. The number of aliphatic hydroxyl groups is 3. The molecule has 21 nitrogen and oxygen atoms in total. The molecule has 88 heavy (non-hydrogen) atoms. The molecule has 460 valence electrons. The van der Waals surface area contributed by atoms with Gasteiger partial charge in [0.1, 0.15) is 40.2 Å². The minimum Gasteiger partial charge on any atom is -0.494 e. The number of nitriles is 3. The Labute approximate surface area is 518 Å². The summed E-state index contributed by atoms with van der Waals surface area (Å²) in [4.78, 5) is 22.3. The van der Waals surface area contributed by atoms with Crippen LogP contribution in [0.25, 0.3) is 9.69 Å². The molecule has 0 aliphatic carbocycles. The Bertz CT molecular complexity index is 3040. The van der Waals surface area contributed by atoms with Crippen molar-refractivity contribution in [1.29, 1.82) is 26.6 Å². The number of benzene rings is 3. The summed E-state index contributed by atoms with van der Waals surface area (Å²) < 4.78 is 39.8. The Morgan fingerprint density at radius 1 is 0.443 bits per heavy atom. The number of amidine groups is 2. The Morgan fingerprint density at radius 2 is 0.795 bits per heavy atom. The van der Waals surface area contributed by atoms with Crippen LogP contribution >= 0.6 is 11.6 Å². The number of hydrogen-bond acceptors (Lipinski definition) is 17. The maximum atomic E-state index is 12.1. The lowest BCUT2D eigenvalue weighted by Gasteiger charge is -2.08. The largest absolute Gasteiger partial charge is 0.494 e. The van der Waals surface area contributed by atoms with Gasteiger partial charge in [-0.05, 0) is 192 Å². The standard InChI is InChI=1S/C18H23N5O2.C18H17N3O2.C11H14N2O2.C7H4FN.C6H3ClN2.C5H12O2/c19-17(20)13-4-7-15(8-5-13)24-10-2-1-3-11-25-16-9-6-14(12-23-16)18(21)22;1-20-16-7-10-18(21-14-16)23-12-4-2-3-11-22-17-8-5-15(13-19)6-9-17;1-12-10-5-6-11(13-9-10)15-8-4-2-3-7-14;8-7-3-1-6(5-9)2-4-7;7-6-2-1-5(3-8)4-9-6;6-4-2-1-3-5-7/h4-9,12H,1-3,10-11H2,(H3,19,20)(H3,21,22);5-10,14H,2-4,11-12H2;5-6,9,14H,2-4,7-8H2;1-4H;1-2,4H;6-7H,1-5H2. The Morgan fingerprint density at radius 3 is 1.14 bits per heavy atom. The molecule has 0 fully saturated rings. The summed E-state index contributed by atoms with van der Waals surface area (Å²) in [7, 11) is 0. The SMILES string of the molecule is N#Cc1ccc(Cl)nc1.N#Cc1ccc(F)cc1.N=C(N)c1ccc(OCCCCCOc2ccc(C(=N)N)cn2)cc1.OCCCCCO.[C-]#[N+]c1ccc(OCCCCCO)nc1.[C-]#[N+]c1ccc(OCCCCCOc2ccc(C#N)cc2)nc1. The number of aromatic nitrogens is 4. The van der Waals surface area contributed by atoms with Gasteiger partial charge >= 0.3 is 0 Å². The highest BCUT2D eigenvalue weighted by Gasteiger charge is 2.03. The summed E-state index contributed by atoms with van der Waals surface area (Å²) in [6, 6.07) is 39.0. The molecule has 0 saturated heterocycles. The van der Waals surface area contributed by atoms with Crippen LogP contribution in [0.3, 0.4) is 0 Å². The second-order valence-electron chi connectivity index (χ2n) is 18.1. The number of hydrogen-bond donors (Lipinski definition) is 7. The van der Waals surface area contributed by atoms with Gasteiger partial charge in [-0.1, -0.05) is 11.6 Å². The molecule has 7 rings (SSSR count). The first-order valence-corrected chi connectivity index (χ1v) is 28.2. The normalized spacial score (nSPS) is 9.55. The zero-order valence-electron chi connectivity index (χ0n) is 48.8. The average molecular weight is 1220 g/mol. The molecule has 4 heterocycles. The quantitative estimate of drug-likeness (QED) is 0.00787. The van der Waals surface area contributed by atoms with Gasteiger partial charge in [0.05, 0.1) is 75.0 Å². The Hall–Kier alpha value is -10.3. The zero-order chi connectivity index (χ0) is 64.2. The first kappa shape index (κ1) is 73.9. The van der Waals surface area contributed by atoms with Crippen LogP contribution < -0.4 is 35.2 Å².